The molecule has 0 aromatic heterocycles. The highest BCUT2D eigenvalue weighted by atomic mass is 16.3. The molecule has 0 atom stereocenters. The molecule has 0 amide bonds. The Balaban J connectivity index is 3.30. The van der Waals surface area contributed by atoms with Gasteiger partial charge in [-0.15, -0.1) is 6.42 Å². The highest BCUT2D eigenvalue weighted by Crippen LogP contribution is 2.24. The monoisotopic (exact) mass is 159 g/mol. The van der Waals surface area contributed by atoms with Crippen molar-refractivity contribution in [2.45, 2.75) is 13.8 Å². The van der Waals surface area contributed by atoms with E-state index in [1.807, 2.05) is 19.9 Å². The lowest BCUT2D eigenvalue weighted by molar-refractivity contribution is 0.473. The predicted octanol–water partition coefficient (Wildman–Crippen LogP) is 2.34. The number of phenols is 1. The van der Waals surface area contributed by atoms with Crippen molar-refractivity contribution in [3.05, 3.63) is 35.2 Å². The van der Waals surface area contributed by atoms with E-state index in [1.54, 1.807) is 12.1 Å². The Morgan fingerprint density at radius 3 is 2.50 bits per heavy atom. The summed E-state index contributed by atoms with van der Waals surface area (Å²) in [5.41, 5.74) is 1.52. The van der Waals surface area contributed by atoms with Gasteiger partial charge in [-0.2, -0.15) is 0 Å². The van der Waals surface area contributed by atoms with Crippen LogP contribution in [0.15, 0.2) is 18.2 Å². The van der Waals surface area contributed by atoms with Crippen LogP contribution in [-0.2, 0) is 0 Å². The van der Waals surface area contributed by atoms with Crippen molar-refractivity contribution >= 4 is 0 Å². The zero-order valence-corrected chi connectivity index (χ0v) is 7.26. The Hall–Kier alpha value is -1.42. The summed E-state index contributed by atoms with van der Waals surface area (Å²) in [6.45, 7) is 3.94. The van der Waals surface area contributed by atoms with E-state index in [2.05, 4.69) is 5.92 Å². The molecule has 1 rings (SSSR count). The molecule has 61 valence electrons. The molecule has 1 nitrogen and oxygen atoms in total. The number of hydrogen-bond acceptors (Lipinski definition) is 1. The molecule has 0 heterocycles. The summed E-state index contributed by atoms with van der Waals surface area (Å²) in [7, 11) is 0. The van der Waals surface area contributed by atoms with E-state index in [-0.39, 0.29) is 5.75 Å². The third-order valence-electron chi connectivity index (χ3n) is 1.73. The number of benzene rings is 1. The van der Waals surface area contributed by atoms with Gasteiger partial charge in [-0.05, 0) is 11.6 Å². The lowest BCUT2D eigenvalue weighted by Gasteiger charge is -2.08. The quantitative estimate of drug-likeness (QED) is 0.623. The summed E-state index contributed by atoms with van der Waals surface area (Å²) < 4.78 is 0. The van der Waals surface area contributed by atoms with Gasteiger partial charge < -0.3 is 5.11 Å². The zero-order valence-electron chi connectivity index (χ0n) is 7.26. The Morgan fingerprint density at radius 1 is 1.42 bits per heavy atom. The Bertz CT molecular complexity index is 318. The second kappa shape index (κ2) is 3.32. The molecule has 12 heavy (non-hydrogen) atoms. The lowest BCUT2D eigenvalue weighted by Crippen LogP contribution is -1.92. The molecule has 0 aliphatic heterocycles. The maximum absolute atomic E-state index is 9.38. The van der Waals surface area contributed by atoms with Crippen LogP contribution in [0.5, 0.6) is 5.75 Å². The second-order valence-corrected chi connectivity index (χ2v) is 2.84. The molecule has 0 spiro atoms. The van der Waals surface area contributed by atoms with Gasteiger partial charge in [0.05, 0.1) is 5.56 Å². The largest absolute Gasteiger partial charge is 0.507 e. The van der Waals surface area contributed by atoms with Gasteiger partial charge >= 0.3 is 0 Å². The Morgan fingerprint density at radius 2 is 2.08 bits per heavy atom. The van der Waals surface area contributed by atoms with E-state index < -0.39 is 0 Å². The van der Waals surface area contributed by atoms with E-state index in [1.165, 1.54) is 0 Å². The van der Waals surface area contributed by atoms with Crippen molar-refractivity contribution in [2.75, 3.05) is 0 Å². The van der Waals surface area contributed by atoms with Gasteiger partial charge in [-0.25, -0.2) is 0 Å². The minimum Gasteiger partial charge on any atom is -0.507 e. The van der Waals surface area contributed by atoms with E-state index in [4.69, 9.17) is 6.42 Å². The Labute approximate surface area is 73.0 Å². The molecule has 0 fully saturated rings. The van der Waals surface area contributed by atoms with Crippen LogP contribution in [0.1, 0.15) is 25.0 Å². The van der Waals surface area contributed by atoms with Gasteiger partial charge in [0.2, 0.25) is 0 Å². The molecular formula is C11H11O. The van der Waals surface area contributed by atoms with Crippen LogP contribution in [-0.4, -0.2) is 5.11 Å². The van der Waals surface area contributed by atoms with E-state index in [0.717, 1.165) is 11.5 Å². The molecule has 1 N–H and O–H groups in total. The van der Waals surface area contributed by atoms with Gasteiger partial charge in [0.15, 0.2) is 0 Å². The highest BCUT2D eigenvalue weighted by Gasteiger charge is 2.07. The van der Waals surface area contributed by atoms with Gasteiger partial charge in [0, 0.05) is 5.92 Å². The normalized spacial score (nSPS) is 9.83. The SMILES string of the molecule is C#Cc1c(O)cccc1[C](C)C. The molecule has 1 aromatic carbocycles. The third kappa shape index (κ3) is 1.43. The van der Waals surface area contributed by atoms with Crippen LogP contribution < -0.4 is 0 Å². The average molecular weight is 159 g/mol. The van der Waals surface area contributed by atoms with Crippen molar-refractivity contribution in [1.82, 2.24) is 0 Å². The molecule has 0 aliphatic carbocycles. The van der Waals surface area contributed by atoms with Gasteiger partial charge in [-0.3, -0.25) is 0 Å². The molecule has 0 unspecified atom stereocenters. The molecular weight excluding hydrogens is 148 g/mol. The van der Waals surface area contributed by atoms with Crippen LogP contribution in [0.4, 0.5) is 0 Å². The zero-order chi connectivity index (χ0) is 9.14. The molecule has 0 aliphatic rings. The maximum atomic E-state index is 9.38. The summed E-state index contributed by atoms with van der Waals surface area (Å²) in [5.74, 6) is 3.76. The number of phenolic OH excluding ortho intramolecular Hbond substituents is 1. The average Bonchev–Trinajstić information content (AvgIpc) is 2.03. The summed E-state index contributed by atoms with van der Waals surface area (Å²) >= 11 is 0. The fourth-order valence-electron chi connectivity index (χ4n) is 1.11. The van der Waals surface area contributed by atoms with E-state index in [9.17, 15) is 5.11 Å². The Kier molecular flexibility index (Phi) is 2.40. The first-order chi connectivity index (χ1) is 5.66. The second-order valence-electron chi connectivity index (χ2n) is 2.84. The van der Waals surface area contributed by atoms with Crippen molar-refractivity contribution in [3.63, 3.8) is 0 Å². The predicted molar refractivity (Wildman–Crippen MR) is 49.7 cm³/mol. The van der Waals surface area contributed by atoms with Crippen LogP contribution in [0, 0.1) is 18.3 Å². The van der Waals surface area contributed by atoms with Crippen molar-refractivity contribution in [1.29, 1.82) is 0 Å². The van der Waals surface area contributed by atoms with Crippen LogP contribution in [0.25, 0.3) is 0 Å². The molecule has 1 radical (unpaired) electrons. The summed E-state index contributed by atoms with van der Waals surface area (Å²) in [6, 6.07) is 5.30. The molecule has 1 heteroatoms. The minimum absolute atomic E-state index is 0.177. The molecule has 1 aromatic rings. The van der Waals surface area contributed by atoms with Crippen LogP contribution >= 0.6 is 0 Å². The smallest absolute Gasteiger partial charge is 0.131 e. The third-order valence-corrected chi connectivity index (χ3v) is 1.73. The first-order valence-corrected chi connectivity index (χ1v) is 3.76. The molecule has 0 saturated heterocycles. The summed E-state index contributed by atoms with van der Waals surface area (Å²) in [6.07, 6.45) is 5.27. The first kappa shape index (κ1) is 8.67. The van der Waals surface area contributed by atoms with Gasteiger partial charge in [0.25, 0.3) is 0 Å². The fourth-order valence-corrected chi connectivity index (χ4v) is 1.11. The fraction of sp³-hybridized carbons (Fsp3) is 0.182. The lowest BCUT2D eigenvalue weighted by atomic mass is 9.97. The number of hydrogen-bond donors (Lipinski definition) is 1. The van der Waals surface area contributed by atoms with Gasteiger partial charge in [-0.1, -0.05) is 31.9 Å². The van der Waals surface area contributed by atoms with Crippen molar-refractivity contribution < 1.29 is 5.11 Å². The summed E-state index contributed by atoms with van der Waals surface area (Å²) in [4.78, 5) is 0. The standard InChI is InChI=1S/C11H11O/c1-4-9-10(8(2)3)6-5-7-11(9)12/h1,5-7,12H,2-3H3. The van der Waals surface area contributed by atoms with Crippen molar-refractivity contribution in [2.24, 2.45) is 0 Å². The topological polar surface area (TPSA) is 20.2 Å². The van der Waals surface area contributed by atoms with Gasteiger partial charge in [0.1, 0.15) is 5.75 Å². The first-order valence-electron chi connectivity index (χ1n) is 3.76. The van der Waals surface area contributed by atoms with Crippen LogP contribution in [0.2, 0.25) is 0 Å². The van der Waals surface area contributed by atoms with Crippen LogP contribution in [0.3, 0.4) is 0 Å². The number of aromatic hydroxyl groups is 1. The minimum atomic E-state index is 0.177. The number of rotatable bonds is 1. The number of terminal acetylenes is 1. The summed E-state index contributed by atoms with van der Waals surface area (Å²) in [5, 5.41) is 9.38. The molecule has 0 saturated carbocycles. The van der Waals surface area contributed by atoms with Crippen molar-refractivity contribution in [3.8, 4) is 18.1 Å². The highest BCUT2D eigenvalue weighted by molar-refractivity contribution is 5.53. The van der Waals surface area contributed by atoms with E-state index in [0.29, 0.717) is 5.56 Å². The molecule has 0 bridgehead atoms. The van der Waals surface area contributed by atoms with E-state index >= 15 is 0 Å². The maximum Gasteiger partial charge on any atom is 0.131 e.